The van der Waals surface area contributed by atoms with E-state index in [0.717, 1.165) is 12.8 Å². The highest BCUT2D eigenvalue weighted by Gasteiger charge is 2.27. The largest absolute Gasteiger partial charge is 0.352 e. The summed E-state index contributed by atoms with van der Waals surface area (Å²) in [5, 5.41) is 5.31. The van der Waals surface area contributed by atoms with Gasteiger partial charge in [-0.05, 0) is 49.2 Å². The number of benzene rings is 1. The molecular formula is C18H20N4O4S. The van der Waals surface area contributed by atoms with E-state index >= 15 is 0 Å². The Labute approximate surface area is 157 Å². The van der Waals surface area contributed by atoms with E-state index in [4.69, 9.17) is 0 Å². The average Bonchev–Trinajstić information content (AvgIpc) is 3.46. The lowest BCUT2D eigenvalue weighted by atomic mass is 10.2. The van der Waals surface area contributed by atoms with Gasteiger partial charge in [-0.2, -0.15) is 0 Å². The van der Waals surface area contributed by atoms with E-state index in [0.29, 0.717) is 11.3 Å². The van der Waals surface area contributed by atoms with Crippen molar-refractivity contribution in [3.05, 3.63) is 54.4 Å². The van der Waals surface area contributed by atoms with Crippen LogP contribution in [0, 0.1) is 0 Å². The van der Waals surface area contributed by atoms with Gasteiger partial charge in [0, 0.05) is 30.8 Å². The number of anilines is 1. The zero-order chi connectivity index (χ0) is 19.3. The second-order valence-electron chi connectivity index (χ2n) is 6.22. The van der Waals surface area contributed by atoms with E-state index < -0.39 is 10.0 Å². The Morgan fingerprint density at radius 3 is 2.48 bits per heavy atom. The van der Waals surface area contributed by atoms with E-state index in [2.05, 4.69) is 20.3 Å². The number of amides is 2. The highest BCUT2D eigenvalue weighted by atomic mass is 32.2. The summed E-state index contributed by atoms with van der Waals surface area (Å²) >= 11 is 0. The molecule has 9 heteroatoms. The van der Waals surface area contributed by atoms with Crippen LogP contribution < -0.4 is 15.4 Å². The monoisotopic (exact) mass is 388 g/mol. The van der Waals surface area contributed by atoms with Crippen molar-refractivity contribution in [2.45, 2.75) is 30.2 Å². The zero-order valence-electron chi connectivity index (χ0n) is 14.5. The maximum absolute atomic E-state index is 12.1. The first-order valence-electron chi connectivity index (χ1n) is 8.54. The Morgan fingerprint density at radius 2 is 1.85 bits per heavy atom. The number of hydrogen-bond donors (Lipinski definition) is 3. The van der Waals surface area contributed by atoms with Gasteiger partial charge >= 0.3 is 0 Å². The summed E-state index contributed by atoms with van der Waals surface area (Å²) in [5.74, 6) is -0.612. The summed E-state index contributed by atoms with van der Waals surface area (Å²) in [4.78, 5) is 28.0. The van der Waals surface area contributed by atoms with Gasteiger partial charge in [0.15, 0.2) is 0 Å². The molecule has 2 amide bonds. The van der Waals surface area contributed by atoms with E-state index in [1.807, 2.05) is 0 Å². The summed E-state index contributed by atoms with van der Waals surface area (Å²) in [5.41, 5.74) is 0.915. The van der Waals surface area contributed by atoms with E-state index in [1.165, 1.54) is 30.5 Å². The van der Waals surface area contributed by atoms with Crippen LogP contribution in [0.15, 0.2) is 53.7 Å². The summed E-state index contributed by atoms with van der Waals surface area (Å²) in [6.07, 6.45) is 4.96. The first kappa shape index (κ1) is 19.0. The Morgan fingerprint density at radius 1 is 1.11 bits per heavy atom. The van der Waals surface area contributed by atoms with E-state index in [1.54, 1.807) is 18.3 Å². The third-order valence-electron chi connectivity index (χ3n) is 3.91. The van der Waals surface area contributed by atoms with Crippen molar-refractivity contribution in [2.24, 2.45) is 0 Å². The number of carbonyl (C=O) groups excluding carboxylic acids is 2. The maximum atomic E-state index is 12.1. The highest BCUT2D eigenvalue weighted by molar-refractivity contribution is 7.89. The number of aromatic nitrogens is 1. The second kappa shape index (κ2) is 8.28. The van der Waals surface area contributed by atoms with Crippen LogP contribution >= 0.6 is 0 Å². The van der Waals surface area contributed by atoms with Crippen LogP contribution in [0.2, 0.25) is 0 Å². The molecule has 0 aliphatic heterocycles. The number of nitrogens with one attached hydrogen (secondary N) is 3. The van der Waals surface area contributed by atoms with Crippen LogP contribution in [0.25, 0.3) is 0 Å². The molecule has 3 N–H and O–H groups in total. The predicted octanol–water partition coefficient (Wildman–Crippen LogP) is 1.28. The van der Waals surface area contributed by atoms with E-state index in [9.17, 15) is 18.0 Å². The average molecular weight is 388 g/mol. The normalized spacial score (nSPS) is 13.8. The fourth-order valence-electron chi connectivity index (χ4n) is 2.33. The molecule has 2 aromatic rings. The molecule has 0 atom stereocenters. The first-order chi connectivity index (χ1) is 12.9. The lowest BCUT2D eigenvalue weighted by Crippen LogP contribution is -2.28. The Bertz CT molecular complexity index is 910. The van der Waals surface area contributed by atoms with Crippen LogP contribution in [0.5, 0.6) is 0 Å². The molecule has 8 nitrogen and oxygen atoms in total. The maximum Gasteiger partial charge on any atom is 0.251 e. The van der Waals surface area contributed by atoms with Gasteiger partial charge in [-0.3, -0.25) is 14.6 Å². The third-order valence-corrected chi connectivity index (χ3v) is 5.45. The van der Waals surface area contributed by atoms with Crippen LogP contribution in [-0.2, 0) is 14.8 Å². The van der Waals surface area contributed by atoms with Crippen molar-refractivity contribution in [1.82, 2.24) is 15.0 Å². The summed E-state index contributed by atoms with van der Waals surface area (Å²) in [6.45, 7) is 0.161. The standard InChI is InChI=1S/C18H20N4O4S/c23-17(21-15-2-1-10-19-12-15)9-11-20-18(24)13-3-7-16(8-4-13)27(25,26)22-14-5-6-14/h1-4,7-8,10,12,14,22H,5-6,9,11H2,(H,20,24)(H,21,23). The molecule has 27 heavy (non-hydrogen) atoms. The van der Waals surface area contributed by atoms with Crippen molar-refractivity contribution in [3.8, 4) is 0 Å². The molecule has 1 heterocycles. The van der Waals surface area contributed by atoms with Gasteiger partial charge in [0.1, 0.15) is 0 Å². The Hall–Kier alpha value is -2.78. The van der Waals surface area contributed by atoms with Gasteiger partial charge in [-0.1, -0.05) is 0 Å². The molecule has 142 valence electrons. The third kappa shape index (κ3) is 5.60. The molecule has 3 rings (SSSR count). The molecular weight excluding hydrogens is 368 g/mol. The molecule has 0 unspecified atom stereocenters. The van der Waals surface area contributed by atoms with Crippen molar-refractivity contribution in [3.63, 3.8) is 0 Å². The summed E-state index contributed by atoms with van der Waals surface area (Å²) in [6, 6.07) is 9.15. The van der Waals surface area contributed by atoms with Crippen molar-refractivity contribution >= 4 is 27.5 Å². The molecule has 1 fully saturated rings. The number of carbonyl (C=O) groups is 2. The second-order valence-corrected chi connectivity index (χ2v) is 7.93. The van der Waals surface area contributed by atoms with Gasteiger partial charge in [0.05, 0.1) is 16.8 Å². The minimum Gasteiger partial charge on any atom is -0.352 e. The number of rotatable bonds is 8. The molecule has 0 bridgehead atoms. The number of pyridine rings is 1. The lowest BCUT2D eigenvalue weighted by Gasteiger charge is -2.08. The van der Waals surface area contributed by atoms with Gasteiger partial charge in [0.2, 0.25) is 15.9 Å². The molecule has 1 saturated carbocycles. The molecule has 1 aromatic heterocycles. The van der Waals surface area contributed by atoms with Crippen LogP contribution in [0.4, 0.5) is 5.69 Å². The van der Waals surface area contributed by atoms with Crippen molar-refractivity contribution in [1.29, 1.82) is 0 Å². The summed E-state index contributed by atoms with van der Waals surface area (Å²) < 4.78 is 26.8. The fourth-order valence-corrected chi connectivity index (χ4v) is 3.63. The number of sulfonamides is 1. The SMILES string of the molecule is O=C(CCNC(=O)c1ccc(S(=O)(=O)NC2CC2)cc1)Nc1cccnc1. The van der Waals surface area contributed by atoms with Gasteiger partial charge in [-0.25, -0.2) is 13.1 Å². The molecule has 1 aromatic carbocycles. The minimum atomic E-state index is -3.54. The van der Waals surface area contributed by atoms with Crippen molar-refractivity contribution in [2.75, 3.05) is 11.9 Å². The van der Waals surface area contributed by atoms with Crippen LogP contribution in [0.3, 0.4) is 0 Å². The molecule has 0 saturated heterocycles. The number of nitrogens with zero attached hydrogens (tertiary/aromatic N) is 1. The zero-order valence-corrected chi connectivity index (χ0v) is 15.3. The lowest BCUT2D eigenvalue weighted by molar-refractivity contribution is -0.116. The smallest absolute Gasteiger partial charge is 0.251 e. The minimum absolute atomic E-state index is 0.0239. The topological polar surface area (TPSA) is 117 Å². The molecule has 1 aliphatic carbocycles. The highest BCUT2D eigenvalue weighted by Crippen LogP contribution is 2.22. The van der Waals surface area contributed by atoms with Gasteiger partial charge < -0.3 is 10.6 Å². The fraction of sp³-hybridized carbons (Fsp3) is 0.278. The predicted molar refractivity (Wildman–Crippen MR) is 99.6 cm³/mol. The Kier molecular flexibility index (Phi) is 5.82. The molecule has 1 aliphatic rings. The Balaban J connectivity index is 1.47. The number of hydrogen-bond acceptors (Lipinski definition) is 5. The van der Waals surface area contributed by atoms with Crippen LogP contribution in [0.1, 0.15) is 29.6 Å². The molecule has 0 radical (unpaired) electrons. The quantitative estimate of drug-likeness (QED) is 0.630. The summed E-state index contributed by atoms with van der Waals surface area (Å²) in [7, 11) is -3.54. The molecule has 0 spiro atoms. The van der Waals surface area contributed by atoms with E-state index in [-0.39, 0.29) is 35.7 Å². The van der Waals surface area contributed by atoms with Crippen molar-refractivity contribution < 1.29 is 18.0 Å². The van der Waals surface area contributed by atoms with Crippen LogP contribution in [-0.4, -0.2) is 37.8 Å². The van der Waals surface area contributed by atoms with Gasteiger partial charge in [0.25, 0.3) is 5.91 Å². The van der Waals surface area contributed by atoms with Gasteiger partial charge in [-0.15, -0.1) is 0 Å². The first-order valence-corrected chi connectivity index (χ1v) is 10.0.